The summed E-state index contributed by atoms with van der Waals surface area (Å²) in [5, 5.41) is 0. The maximum atomic E-state index is 13.3. The van der Waals surface area contributed by atoms with Crippen LogP contribution in [0.4, 0.5) is 15.8 Å². The zero-order valence-electron chi connectivity index (χ0n) is 13.6. The Kier molecular flexibility index (Phi) is 3.93. The zero-order valence-corrected chi connectivity index (χ0v) is 13.6. The lowest BCUT2D eigenvalue weighted by Gasteiger charge is -2.37. The van der Waals surface area contributed by atoms with Crippen LogP contribution < -0.4 is 9.80 Å². The zero-order chi connectivity index (χ0) is 17.4. The van der Waals surface area contributed by atoms with Gasteiger partial charge in [-0.25, -0.2) is 4.39 Å². The van der Waals surface area contributed by atoms with Crippen molar-refractivity contribution >= 4 is 23.1 Å². The second kappa shape index (κ2) is 6.25. The average molecular weight is 340 g/mol. The molecule has 1 saturated heterocycles. The van der Waals surface area contributed by atoms with Gasteiger partial charge in [-0.3, -0.25) is 24.4 Å². The number of rotatable bonds is 3. The third-order valence-corrected chi connectivity index (χ3v) is 4.68. The van der Waals surface area contributed by atoms with E-state index in [1.54, 1.807) is 12.4 Å². The van der Waals surface area contributed by atoms with Crippen molar-refractivity contribution in [2.24, 2.45) is 0 Å². The number of Topliss-reactive ketones (excluding diaryl/α,β-unsaturated/α-hetero) is 1. The second-order valence-electron chi connectivity index (χ2n) is 6.18. The van der Waals surface area contributed by atoms with Crippen LogP contribution in [0.2, 0.25) is 0 Å². The molecular weight excluding hydrogens is 323 g/mol. The number of nitrogens with zero attached hydrogens (tertiary/aromatic N) is 4. The second-order valence-corrected chi connectivity index (χ2v) is 6.18. The van der Waals surface area contributed by atoms with E-state index < -0.39 is 17.5 Å². The standard InChI is InChI=1S/C18H17FN4O2/c19-13-1-2-16-15(11-13)17(24)18(25)23(16)12-21-7-9-22(10-8-21)14-3-5-20-6-4-14/h1-6,11H,7-10,12H2. The predicted molar refractivity (Wildman–Crippen MR) is 91.1 cm³/mol. The van der Waals surface area contributed by atoms with Crippen LogP contribution >= 0.6 is 0 Å². The molecule has 2 aromatic rings. The molecule has 0 aliphatic carbocycles. The van der Waals surface area contributed by atoms with Crippen LogP contribution in [0, 0.1) is 5.82 Å². The lowest BCUT2D eigenvalue weighted by atomic mass is 10.1. The molecule has 0 unspecified atom stereocenters. The Balaban J connectivity index is 1.44. The number of pyridine rings is 1. The molecule has 128 valence electrons. The first-order valence-corrected chi connectivity index (χ1v) is 8.16. The first-order valence-electron chi connectivity index (χ1n) is 8.16. The van der Waals surface area contributed by atoms with Crippen molar-refractivity contribution in [3.63, 3.8) is 0 Å². The average Bonchev–Trinajstić information content (AvgIpc) is 2.88. The van der Waals surface area contributed by atoms with Crippen molar-refractivity contribution in [3.8, 4) is 0 Å². The highest BCUT2D eigenvalue weighted by atomic mass is 19.1. The summed E-state index contributed by atoms with van der Waals surface area (Å²) in [4.78, 5) is 34.1. The first-order chi connectivity index (χ1) is 12.1. The molecule has 6 nitrogen and oxygen atoms in total. The van der Waals surface area contributed by atoms with Crippen LogP contribution in [0.25, 0.3) is 0 Å². The molecule has 1 fully saturated rings. The van der Waals surface area contributed by atoms with Crippen LogP contribution in [-0.4, -0.2) is 54.4 Å². The Hall–Kier alpha value is -2.80. The fourth-order valence-electron chi connectivity index (χ4n) is 3.32. The number of piperazine rings is 1. The van der Waals surface area contributed by atoms with Crippen molar-refractivity contribution in [3.05, 3.63) is 54.1 Å². The number of carbonyl (C=O) groups excluding carboxylic acids is 2. The Labute approximate surface area is 144 Å². The first kappa shape index (κ1) is 15.7. The largest absolute Gasteiger partial charge is 0.369 e. The number of fused-ring (bicyclic) bond motifs is 1. The number of aromatic nitrogens is 1. The summed E-state index contributed by atoms with van der Waals surface area (Å²) >= 11 is 0. The third kappa shape index (κ3) is 2.87. The highest BCUT2D eigenvalue weighted by Gasteiger charge is 2.37. The number of hydrogen-bond acceptors (Lipinski definition) is 5. The third-order valence-electron chi connectivity index (χ3n) is 4.68. The minimum Gasteiger partial charge on any atom is -0.369 e. The van der Waals surface area contributed by atoms with Gasteiger partial charge in [0.25, 0.3) is 5.78 Å². The van der Waals surface area contributed by atoms with Gasteiger partial charge in [0.15, 0.2) is 0 Å². The minimum atomic E-state index is -0.634. The molecule has 7 heteroatoms. The van der Waals surface area contributed by atoms with Crippen molar-refractivity contribution < 1.29 is 14.0 Å². The van der Waals surface area contributed by atoms with Gasteiger partial charge < -0.3 is 4.90 Å². The van der Waals surface area contributed by atoms with Gasteiger partial charge in [-0.05, 0) is 30.3 Å². The van der Waals surface area contributed by atoms with Crippen molar-refractivity contribution in [1.29, 1.82) is 0 Å². The van der Waals surface area contributed by atoms with E-state index in [9.17, 15) is 14.0 Å². The molecule has 0 N–H and O–H groups in total. The summed E-state index contributed by atoms with van der Waals surface area (Å²) in [6.45, 7) is 3.55. The summed E-state index contributed by atoms with van der Waals surface area (Å²) in [5.74, 6) is -1.73. The monoisotopic (exact) mass is 340 g/mol. The Morgan fingerprint density at radius 2 is 1.72 bits per heavy atom. The molecule has 0 radical (unpaired) electrons. The van der Waals surface area contributed by atoms with Gasteiger partial charge in [0, 0.05) is 44.3 Å². The Morgan fingerprint density at radius 3 is 2.44 bits per heavy atom. The lowest BCUT2D eigenvalue weighted by molar-refractivity contribution is -0.114. The summed E-state index contributed by atoms with van der Waals surface area (Å²) in [5.41, 5.74) is 1.77. The van der Waals surface area contributed by atoms with Gasteiger partial charge >= 0.3 is 5.91 Å². The number of amides is 1. The van der Waals surface area contributed by atoms with Crippen LogP contribution in [0.5, 0.6) is 0 Å². The number of ketones is 1. The lowest BCUT2D eigenvalue weighted by Crippen LogP contribution is -2.51. The Bertz CT molecular complexity index is 819. The smallest absolute Gasteiger partial charge is 0.300 e. The predicted octanol–water partition coefficient (Wildman–Crippen LogP) is 1.53. The van der Waals surface area contributed by atoms with Gasteiger partial charge in [0.05, 0.1) is 17.9 Å². The van der Waals surface area contributed by atoms with E-state index in [0.717, 1.165) is 37.9 Å². The molecule has 4 rings (SSSR count). The van der Waals surface area contributed by atoms with Crippen LogP contribution in [-0.2, 0) is 4.79 Å². The van der Waals surface area contributed by atoms with E-state index in [1.165, 1.54) is 17.0 Å². The molecule has 0 atom stereocenters. The molecule has 1 aromatic carbocycles. The molecular formula is C18H17FN4O2. The molecule has 0 spiro atoms. The summed E-state index contributed by atoms with van der Waals surface area (Å²) in [6.07, 6.45) is 3.54. The molecule has 2 aliphatic rings. The quantitative estimate of drug-likeness (QED) is 0.793. The maximum Gasteiger partial charge on any atom is 0.300 e. The van der Waals surface area contributed by atoms with Crippen LogP contribution in [0.15, 0.2) is 42.7 Å². The molecule has 1 amide bonds. The summed E-state index contributed by atoms with van der Waals surface area (Å²) < 4.78 is 13.3. The van der Waals surface area contributed by atoms with E-state index in [2.05, 4.69) is 14.8 Å². The van der Waals surface area contributed by atoms with E-state index >= 15 is 0 Å². The highest BCUT2D eigenvalue weighted by Crippen LogP contribution is 2.29. The molecule has 1 aromatic heterocycles. The van der Waals surface area contributed by atoms with Crippen LogP contribution in [0.3, 0.4) is 0 Å². The molecule has 0 bridgehead atoms. The molecule has 0 saturated carbocycles. The summed E-state index contributed by atoms with van der Waals surface area (Å²) in [6, 6.07) is 7.86. The van der Waals surface area contributed by atoms with E-state index in [1.807, 2.05) is 12.1 Å². The van der Waals surface area contributed by atoms with Gasteiger partial charge in [0.2, 0.25) is 0 Å². The van der Waals surface area contributed by atoms with E-state index in [0.29, 0.717) is 12.4 Å². The normalized spacial score (nSPS) is 18.0. The molecule has 25 heavy (non-hydrogen) atoms. The fraction of sp³-hybridized carbons (Fsp3) is 0.278. The van der Waals surface area contributed by atoms with Crippen molar-refractivity contribution in [1.82, 2.24) is 9.88 Å². The number of halogens is 1. The number of carbonyl (C=O) groups is 2. The number of hydrogen-bond donors (Lipinski definition) is 0. The van der Waals surface area contributed by atoms with Gasteiger partial charge in [-0.15, -0.1) is 0 Å². The number of anilines is 2. The van der Waals surface area contributed by atoms with Gasteiger partial charge in [-0.1, -0.05) is 0 Å². The fourth-order valence-corrected chi connectivity index (χ4v) is 3.32. The van der Waals surface area contributed by atoms with Crippen molar-refractivity contribution in [2.75, 3.05) is 42.6 Å². The number of benzene rings is 1. The van der Waals surface area contributed by atoms with E-state index in [-0.39, 0.29) is 5.56 Å². The molecule has 2 aliphatic heterocycles. The minimum absolute atomic E-state index is 0.153. The highest BCUT2D eigenvalue weighted by molar-refractivity contribution is 6.52. The van der Waals surface area contributed by atoms with Crippen molar-refractivity contribution in [2.45, 2.75) is 0 Å². The van der Waals surface area contributed by atoms with Gasteiger partial charge in [0.1, 0.15) is 5.82 Å². The SMILES string of the molecule is O=C1C(=O)N(CN2CCN(c3ccncc3)CC2)c2ccc(F)cc21. The Morgan fingerprint density at radius 1 is 1.00 bits per heavy atom. The molecule has 3 heterocycles. The van der Waals surface area contributed by atoms with Gasteiger partial charge in [-0.2, -0.15) is 0 Å². The van der Waals surface area contributed by atoms with E-state index in [4.69, 9.17) is 0 Å². The van der Waals surface area contributed by atoms with Crippen LogP contribution in [0.1, 0.15) is 10.4 Å². The maximum absolute atomic E-state index is 13.3. The topological polar surface area (TPSA) is 56.8 Å². The summed E-state index contributed by atoms with van der Waals surface area (Å²) in [7, 11) is 0.